The number of hydrogen-bond donors (Lipinski definition) is 0. The highest BCUT2D eigenvalue weighted by Crippen LogP contribution is 2.40. The summed E-state index contributed by atoms with van der Waals surface area (Å²) >= 11 is 18.5. The van der Waals surface area contributed by atoms with Gasteiger partial charge >= 0.3 is 0 Å². The Morgan fingerprint density at radius 2 is 1.57 bits per heavy atom. The van der Waals surface area contributed by atoms with Gasteiger partial charge < -0.3 is 0 Å². The minimum absolute atomic E-state index is 0.138. The van der Waals surface area contributed by atoms with Gasteiger partial charge in [0.1, 0.15) is 0 Å². The van der Waals surface area contributed by atoms with Crippen LogP contribution in [-0.2, 0) is 0 Å². The van der Waals surface area contributed by atoms with Crippen molar-refractivity contribution in [3.63, 3.8) is 0 Å². The van der Waals surface area contributed by atoms with Gasteiger partial charge in [-0.3, -0.25) is 0 Å². The highest BCUT2D eigenvalue weighted by molar-refractivity contribution is 6.67. The molecule has 1 atom stereocenters. The van der Waals surface area contributed by atoms with E-state index in [1.807, 2.05) is 18.2 Å². The first kappa shape index (κ1) is 20.9. The van der Waals surface area contributed by atoms with Crippen LogP contribution in [-0.4, -0.2) is 3.79 Å². The maximum Gasteiger partial charge on any atom is 0.193 e. The molecule has 1 rings (SSSR count). The quantitative estimate of drug-likeness (QED) is 0.270. The van der Waals surface area contributed by atoms with Gasteiger partial charge in [0.2, 0.25) is 0 Å². The van der Waals surface area contributed by atoms with Crippen LogP contribution >= 0.6 is 34.8 Å². The van der Waals surface area contributed by atoms with Crippen molar-refractivity contribution < 1.29 is 0 Å². The van der Waals surface area contributed by atoms with E-state index in [2.05, 4.69) is 31.2 Å². The summed E-state index contributed by atoms with van der Waals surface area (Å²) in [6.07, 6.45) is 14.8. The van der Waals surface area contributed by atoms with E-state index in [1.54, 1.807) is 0 Å². The smallest absolute Gasteiger partial charge is 0.0839 e. The molecule has 0 aliphatic carbocycles. The molecule has 0 saturated carbocycles. The van der Waals surface area contributed by atoms with E-state index in [1.165, 1.54) is 37.7 Å². The average Bonchev–Trinajstić information content (AvgIpc) is 2.52. The number of unbranched alkanes of at least 4 members (excludes halogenated alkanes) is 5. The zero-order chi connectivity index (χ0) is 17.0. The topological polar surface area (TPSA) is 0 Å². The number of alkyl halides is 3. The molecule has 0 aromatic heterocycles. The van der Waals surface area contributed by atoms with Crippen LogP contribution in [0.5, 0.6) is 0 Å². The van der Waals surface area contributed by atoms with Crippen LogP contribution in [0.2, 0.25) is 0 Å². The second-order valence-corrected chi connectivity index (χ2v) is 8.55. The zero-order valence-corrected chi connectivity index (χ0v) is 16.4. The summed E-state index contributed by atoms with van der Waals surface area (Å²) < 4.78 is -1.15. The third-order valence-electron chi connectivity index (χ3n) is 4.16. The molecule has 0 aliphatic rings. The van der Waals surface area contributed by atoms with E-state index in [0.717, 1.165) is 25.7 Å². The maximum absolute atomic E-state index is 6.16. The van der Waals surface area contributed by atoms with E-state index < -0.39 is 3.79 Å². The molecule has 3 heteroatoms. The second kappa shape index (κ2) is 12.2. The molecule has 0 radical (unpaired) electrons. The molecule has 1 aromatic rings. The first-order chi connectivity index (χ1) is 11.0. The lowest BCUT2D eigenvalue weighted by atomic mass is 9.96. The largest absolute Gasteiger partial charge is 0.193 e. The molecule has 0 nitrogen and oxygen atoms in total. The third kappa shape index (κ3) is 10.3. The van der Waals surface area contributed by atoms with Gasteiger partial charge in [-0.1, -0.05) is 123 Å². The number of hydrogen-bond acceptors (Lipinski definition) is 0. The van der Waals surface area contributed by atoms with Crippen LogP contribution < -0.4 is 0 Å². The Hall–Kier alpha value is -0.170. The second-order valence-electron chi connectivity index (χ2n) is 6.19. The molecule has 1 aromatic carbocycles. The van der Waals surface area contributed by atoms with Crippen molar-refractivity contribution in [2.45, 2.75) is 68.5 Å². The predicted octanol–water partition coefficient (Wildman–Crippen LogP) is 8.22. The summed E-state index contributed by atoms with van der Waals surface area (Å²) in [5, 5.41) is 0. The summed E-state index contributed by atoms with van der Waals surface area (Å²) in [6.45, 7) is 2.24. The molecule has 130 valence electrons. The normalized spacial score (nSPS) is 13.6. The van der Waals surface area contributed by atoms with Gasteiger partial charge in [0.25, 0.3) is 0 Å². The summed E-state index contributed by atoms with van der Waals surface area (Å²) in [5.41, 5.74) is 1.22. The van der Waals surface area contributed by atoms with Gasteiger partial charge in [0.05, 0.1) is 0 Å². The molecular weight excluding hydrogens is 347 g/mol. The summed E-state index contributed by atoms with van der Waals surface area (Å²) in [7, 11) is 0. The Morgan fingerprint density at radius 1 is 0.913 bits per heavy atom. The molecule has 0 heterocycles. The Kier molecular flexibility index (Phi) is 11.1. The van der Waals surface area contributed by atoms with E-state index in [9.17, 15) is 0 Å². The van der Waals surface area contributed by atoms with Crippen molar-refractivity contribution in [1.82, 2.24) is 0 Å². The maximum atomic E-state index is 6.16. The van der Waals surface area contributed by atoms with Crippen LogP contribution in [0.25, 0.3) is 6.08 Å². The Labute approximate surface area is 157 Å². The fourth-order valence-electron chi connectivity index (χ4n) is 2.72. The van der Waals surface area contributed by atoms with Gasteiger partial charge in [0.15, 0.2) is 3.79 Å². The third-order valence-corrected chi connectivity index (χ3v) is 5.09. The van der Waals surface area contributed by atoms with Crippen LogP contribution in [0, 0.1) is 5.92 Å². The van der Waals surface area contributed by atoms with Crippen LogP contribution in [0.15, 0.2) is 36.4 Å². The van der Waals surface area contributed by atoms with Crippen molar-refractivity contribution >= 4 is 40.9 Å². The van der Waals surface area contributed by atoms with E-state index in [4.69, 9.17) is 34.8 Å². The highest BCUT2D eigenvalue weighted by Gasteiger charge is 2.31. The molecule has 0 N–H and O–H groups in total. The molecule has 0 aliphatic heterocycles. The molecular formula is C20H29Cl3. The van der Waals surface area contributed by atoms with Crippen molar-refractivity contribution in [3.8, 4) is 0 Å². The number of allylic oxidation sites excluding steroid dienone is 1. The summed E-state index contributed by atoms with van der Waals surface area (Å²) in [5.74, 6) is 0.138. The van der Waals surface area contributed by atoms with Gasteiger partial charge in [0, 0.05) is 5.92 Å². The molecule has 0 saturated heterocycles. The van der Waals surface area contributed by atoms with Crippen molar-refractivity contribution in [3.05, 3.63) is 42.0 Å². The molecule has 1 unspecified atom stereocenters. The Morgan fingerprint density at radius 3 is 2.22 bits per heavy atom. The highest BCUT2D eigenvalue weighted by atomic mass is 35.6. The first-order valence-corrected chi connectivity index (χ1v) is 9.95. The van der Waals surface area contributed by atoms with E-state index in [-0.39, 0.29) is 5.92 Å². The number of benzene rings is 1. The summed E-state index contributed by atoms with van der Waals surface area (Å²) in [4.78, 5) is 0. The van der Waals surface area contributed by atoms with Gasteiger partial charge in [-0.05, 0) is 24.8 Å². The van der Waals surface area contributed by atoms with E-state index in [0.29, 0.717) is 0 Å². The number of halogens is 3. The molecule has 23 heavy (non-hydrogen) atoms. The minimum Gasteiger partial charge on any atom is -0.0839 e. The first-order valence-electron chi connectivity index (χ1n) is 8.82. The molecule has 0 amide bonds. The fourth-order valence-corrected chi connectivity index (χ4v) is 3.38. The summed E-state index contributed by atoms with van der Waals surface area (Å²) in [6, 6.07) is 10.3. The lowest BCUT2D eigenvalue weighted by molar-refractivity contribution is 0.432. The van der Waals surface area contributed by atoms with Crippen LogP contribution in [0.4, 0.5) is 0 Å². The van der Waals surface area contributed by atoms with Gasteiger partial charge in [-0.2, -0.15) is 0 Å². The van der Waals surface area contributed by atoms with Crippen molar-refractivity contribution in [2.75, 3.05) is 0 Å². The minimum atomic E-state index is -1.15. The molecule has 0 spiro atoms. The Balaban J connectivity index is 2.30. The lowest BCUT2D eigenvalue weighted by Crippen LogP contribution is -2.19. The van der Waals surface area contributed by atoms with Crippen molar-refractivity contribution in [2.24, 2.45) is 5.92 Å². The lowest BCUT2D eigenvalue weighted by Gasteiger charge is -2.24. The van der Waals surface area contributed by atoms with Gasteiger partial charge in [-0.25, -0.2) is 0 Å². The number of rotatable bonds is 11. The predicted molar refractivity (Wildman–Crippen MR) is 106 cm³/mol. The SMILES string of the molecule is CCCCCCCCC(CCC=Cc1ccccc1)C(Cl)(Cl)Cl. The average molecular weight is 376 g/mol. The zero-order valence-electron chi connectivity index (χ0n) is 14.1. The van der Waals surface area contributed by atoms with E-state index >= 15 is 0 Å². The fraction of sp³-hybridized carbons (Fsp3) is 0.600. The standard InChI is InChI=1S/C20H29Cl3/c1-2-3-4-5-6-10-16-19(20(21,22)23)17-12-11-15-18-13-8-7-9-14-18/h7-9,11,13-15,19H,2-6,10,12,16-17H2,1H3. The van der Waals surface area contributed by atoms with Gasteiger partial charge in [-0.15, -0.1) is 0 Å². The van der Waals surface area contributed by atoms with Crippen molar-refractivity contribution in [1.29, 1.82) is 0 Å². The monoisotopic (exact) mass is 374 g/mol. The Bertz CT molecular complexity index is 420. The molecule has 0 bridgehead atoms. The van der Waals surface area contributed by atoms with Crippen LogP contribution in [0.1, 0.15) is 70.3 Å². The van der Waals surface area contributed by atoms with Crippen LogP contribution in [0.3, 0.4) is 0 Å². The molecule has 0 fully saturated rings.